The number of rotatable bonds is 5. The zero-order valence-electron chi connectivity index (χ0n) is 12.8. The number of halogens is 1. The Morgan fingerprint density at radius 2 is 2.09 bits per heavy atom. The molecule has 1 aromatic carbocycles. The Morgan fingerprint density at radius 3 is 2.70 bits per heavy atom. The summed E-state index contributed by atoms with van der Waals surface area (Å²) in [6.45, 7) is 1.58. The zero-order valence-corrected chi connectivity index (χ0v) is 14.3. The number of esters is 1. The van der Waals surface area contributed by atoms with E-state index in [0.717, 1.165) is 6.26 Å². The van der Waals surface area contributed by atoms with E-state index in [1.165, 1.54) is 19.3 Å². The molecule has 1 aromatic heterocycles. The Morgan fingerprint density at radius 1 is 1.39 bits per heavy atom. The van der Waals surface area contributed by atoms with Crippen LogP contribution in [0.4, 0.5) is 0 Å². The number of hydrogen-bond acceptors (Lipinski definition) is 6. The lowest BCUT2D eigenvalue weighted by molar-refractivity contribution is 0.0601. The summed E-state index contributed by atoms with van der Waals surface area (Å²) in [7, 11) is -2.29. The minimum atomic E-state index is -3.55. The van der Waals surface area contributed by atoms with Gasteiger partial charge in [-0.3, -0.25) is 4.18 Å². The lowest BCUT2D eigenvalue weighted by Crippen LogP contribution is -2.05. The predicted octanol–water partition coefficient (Wildman–Crippen LogP) is 3.17. The van der Waals surface area contributed by atoms with Crippen molar-refractivity contribution in [2.45, 2.75) is 6.92 Å². The molecular formula is C15H15ClO6S. The molecule has 0 atom stereocenters. The number of carbonyl (C=O) groups excluding carboxylic acids is 1. The molecule has 2 aromatic rings. The number of fused-ring (bicyclic) bond motifs is 1. The third-order valence-electron chi connectivity index (χ3n) is 2.97. The summed E-state index contributed by atoms with van der Waals surface area (Å²) in [4.78, 5) is 12.1. The molecule has 23 heavy (non-hydrogen) atoms. The topological polar surface area (TPSA) is 82.8 Å². The van der Waals surface area contributed by atoms with Crippen molar-refractivity contribution in [1.29, 1.82) is 0 Å². The molecule has 1 heterocycles. The molecule has 0 bridgehead atoms. The fraction of sp³-hybridized carbons (Fsp3) is 0.267. The SMILES string of the molecule is COC(=O)c1c(/C=C/COS(C)(=O)=O)c(Cl)cc2cc(C)oc12. The van der Waals surface area contributed by atoms with E-state index in [1.807, 2.05) is 0 Å². The van der Waals surface area contributed by atoms with E-state index in [4.69, 9.17) is 20.8 Å². The van der Waals surface area contributed by atoms with Gasteiger partial charge in [-0.05, 0) is 19.1 Å². The molecular weight excluding hydrogens is 344 g/mol. The molecule has 0 amide bonds. The van der Waals surface area contributed by atoms with Crippen LogP contribution in [0.3, 0.4) is 0 Å². The van der Waals surface area contributed by atoms with E-state index in [1.54, 1.807) is 19.1 Å². The summed E-state index contributed by atoms with van der Waals surface area (Å²) in [6, 6.07) is 3.42. The maximum atomic E-state index is 12.1. The van der Waals surface area contributed by atoms with Gasteiger partial charge in [0.05, 0.1) is 20.0 Å². The van der Waals surface area contributed by atoms with Crippen LogP contribution in [-0.4, -0.2) is 34.4 Å². The van der Waals surface area contributed by atoms with Crippen LogP contribution in [0.5, 0.6) is 0 Å². The highest BCUT2D eigenvalue weighted by molar-refractivity contribution is 7.85. The van der Waals surface area contributed by atoms with E-state index in [2.05, 4.69) is 4.18 Å². The van der Waals surface area contributed by atoms with Gasteiger partial charge in [-0.25, -0.2) is 4.79 Å². The maximum Gasteiger partial charge on any atom is 0.342 e. The van der Waals surface area contributed by atoms with Crippen molar-refractivity contribution in [1.82, 2.24) is 0 Å². The zero-order chi connectivity index (χ0) is 17.2. The first-order valence-corrected chi connectivity index (χ1v) is 8.74. The van der Waals surface area contributed by atoms with Gasteiger partial charge in [0.15, 0.2) is 0 Å². The Labute approximate surface area is 138 Å². The average Bonchev–Trinajstić information content (AvgIpc) is 2.81. The van der Waals surface area contributed by atoms with Crippen LogP contribution in [0, 0.1) is 6.92 Å². The van der Waals surface area contributed by atoms with E-state index in [0.29, 0.717) is 27.3 Å². The molecule has 0 radical (unpaired) electrons. The van der Waals surface area contributed by atoms with Gasteiger partial charge in [0.1, 0.15) is 16.9 Å². The van der Waals surface area contributed by atoms with Gasteiger partial charge in [0.25, 0.3) is 10.1 Å². The van der Waals surface area contributed by atoms with Gasteiger partial charge in [-0.1, -0.05) is 23.8 Å². The van der Waals surface area contributed by atoms with Crippen molar-refractivity contribution < 1.29 is 26.5 Å². The fourth-order valence-corrected chi connectivity index (χ4v) is 2.69. The molecule has 6 nitrogen and oxygen atoms in total. The Kier molecular flexibility index (Phi) is 5.13. The molecule has 8 heteroatoms. The third-order valence-corrected chi connectivity index (χ3v) is 3.85. The maximum absolute atomic E-state index is 12.1. The van der Waals surface area contributed by atoms with Crippen LogP contribution in [0.25, 0.3) is 17.0 Å². The monoisotopic (exact) mass is 358 g/mol. The van der Waals surface area contributed by atoms with E-state index in [9.17, 15) is 13.2 Å². The predicted molar refractivity (Wildman–Crippen MR) is 87.1 cm³/mol. The van der Waals surface area contributed by atoms with Crippen molar-refractivity contribution in [3.63, 3.8) is 0 Å². The quantitative estimate of drug-likeness (QED) is 0.603. The molecule has 0 aliphatic heterocycles. The second-order valence-electron chi connectivity index (χ2n) is 4.81. The summed E-state index contributed by atoms with van der Waals surface area (Å²) >= 11 is 6.23. The van der Waals surface area contributed by atoms with Crippen LogP contribution in [0.1, 0.15) is 21.7 Å². The molecule has 124 valence electrons. The van der Waals surface area contributed by atoms with Gasteiger partial charge in [0.2, 0.25) is 0 Å². The van der Waals surface area contributed by atoms with Crippen LogP contribution >= 0.6 is 11.6 Å². The number of methoxy groups -OCH3 is 1. The van der Waals surface area contributed by atoms with Crippen LogP contribution in [-0.2, 0) is 19.0 Å². The lowest BCUT2D eigenvalue weighted by Gasteiger charge is -2.07. The first kappa shape index (κ1) is 17.5. The number of furan rings is 1. The molecule has 0 saturated heterocycles. The summed E-state index contributed by atoms with van der Waals surface area (Å²) in [6.07, 6.45) is 3.89. The average molecular weight is 359 g/mol. The second kappa shape index (κ2) is 6.74. The molecule has 0 saturated carbocycles. The summed E-state index contributed by atoms with van der Waals surface area (Å²) in [5.74, 6) is 0.0262. The first-order valence-electron chi connectivity index (χ1n) is 6.55. The minimum Gasteiger partial charge on any atom is -0.465 e. The molecule has 0 fully saturated rings. The van der Waals surface area contributed by atoms with Gasteiger partial charge in [-0.2, -0.15) is 8.42 Å². The van der Waals surface area contributed by atoms with E-state index in [-0.39, 0.29) is 12.2 Å². The van der Waals surface area contributed by atoms with E-state index < -0.39 is 16.1 Å². The number of ether oxygens (including phenoxy) is 1. The minimum absolute atomic E-state index is 0.176. The number of hydrogen-bond donors (Lipinski definition) is 0. The molecule has 0 spiro atoms. The molecule has 2 rings (SSSR count). The van der Waals surface area contributed by atoms with Gasteiger partial charge in [0, 0.05) is 16.0 Å². The highest BCUT2D eigenvalue weighted by Crippen LogP contribution is 2.33. The summed E-state index contributed by atoms with van der Waals surface area (Å²) in [5.41, 5.74) is 0.915. The largest absolute Gasteiger partial charge is 0.465 e. The van der Waals surface area contributed by atoms with Crippen LogP contribution in [0.15, 0.2) is 22.6 Å². The van der Waals surface area contributed by atoms with Gasteiger partial charge >= 0.3 is 5.97 Å². The molecule has 0 aliphatic carbocycles. The van der Waals surface area contributed by atoms with Crippen molar-refractivity contribution in [3.8, 4) is 0 Å². The van der Waals surface area contributed by atoms with Crippen LogP contribution in [0.2, 0.25) is 5.02 Å². The molecule has 0 aliphatic rings. The van der Waals surface area contributed by atoms with Crippen molar-refractivity contribution in [2.24, 2.45) is 0 Å². The van der Waals surface area contributed by atoms with Crippen molar-refractivity contribution in [2.75, 3.05) is 20.0 Å². The Hall–Kier alpha value is -1.83. The van der Waals surface area contributed by atoms with E-state index >= 15 is 0 Å². The normalized spacial score (nSPS) is 12.2. The van der Waals surface area contributed by atoms with Gasteiger partial charge in [-0.15, -0.1) is 0 Å². The smallest absolute Gasteiger partial charge is 0.342 e. The second-order valence-corrected chi connectivity index (χ2v) is 6.86. The van der Waals surface area contributed by atoms with Crippen molar-refractivity contribution in [3.05, 3.63) is 40.1 Å². The third kappa shape index (κ3) is 4.13. The summed E-state index contributed by atoms with van der Waals surface area (Å²) in [5, 5.41) is 0.992. The highest BCUT2D eigenvalue weighted by atomic mass is 35.5. The van der Waals surface area contributed by atoms with Crippen molar-refractivity contribution >= 4 is 44.7 Å². The fourth-order valence-electron chi connectivity index (χ4n) is 2.09. The lowest BCUT2D eigenvalue weighted by atomic mass is 10.0. The first-order chi connectivity index (χ1) is 10.7. The Bertz CT molecular complexity index is 879. The summed E-state index contributed by atoms with van der Waals surface area (Å²) < 4.78 is 36.8. The number of benzene rings is 1. The highest BCUT2D eigenvalue weighted by Gasteiger charge is 2.21. The molecule has 0 N–H and O–H groups in total. The standard InChI is InChI=1S/C15H15ClO6S/c1-9-7-10-8-12(16)11(5-4-6-21-23(3,18)19)13(14(10)22-9)15(17)20-2/h4-5,7-8H,6H2,1-3H3/b5-4+. The number of aryl methyl sites for hydroxylation is 1. The number of carbonyl (C=O) groups is 1. The molecule has 0 unspecified atom stereocenters. The Balaban J connectivity index is 2.51. The van der Waals surface area contributed by atoms with Crippen LogP contribution < -0.4 is 0 Å². The van der Waals surface area contributed by atoms with Gasteiger partial charge < -0.3 is 9.15 Å².